The first-order chi connectivity index (χ1) is 13.8. The van der Waals surface area contributed by atoms with Gasteiger partial charge < -0.3 is 4.90 Å². The third-order valence-electron chi connectivity index (χ3n) is 5.39. The molecule has 0 spiro atoms. The van der Waals surface area contributed by atoms with Gasteiger partial charge in [0.2, 0.25) is 10.0 Å². The second-order valence-electron chi connectivity index (χ2n) is 7.69. The third-order valence-corrected chi connectivity index (χ3v) is 6.00. The number of aryl methyl sites for hydroxylation is 1. The fourth-order valence-corrected chi connectivity index (χ4v) is 4.30. The minimum Gasteiger partial charge on any atom is -0.303 e. The van der Waals surface area contributed by atoms with Crippen LogP contribution in [0.15, 0.2) is 42.6 Å². The monoisotopic (exact) mass is 415 g/mol. The van der Waals surface area contributed by atoms with Gasteiger partial charge in [0.25, 0.3) is 0 Å². The Morgan fingerprint density at radius 2 is 1.86 bits per heavy atom. The quantitative estimate of drug-likeness (QED) is 0.670. The highest BCUT2D eigenvalue weighted by molar-refractivity contribution is 7.92. The van der Waals surface area contributed by atoms with Crippen LogP contribution in [0, 0.1) is 5.92 Å². The molecule has 2 heterocycles. The Labute approximate surface area is 173 Å². The van der Waals surface area contributed by atoms with Gasteiger partial charge in [-0.25, -0.2) is 8.42 Å². The molecule has 3 rings (SSSR count). The van der Waals surface area contributed by atoms with Gasteiger partial charge in [0.05, 0.1) is 6.26 Å². The molecule has 156 valence electrons. The molecule has 1 fully saturated rings. The van der Waals surface area contributed by atoms with E-state index in [0.29, 0.717) is 11.3 Å². The van der Waals surface area contributed by atoms with Crippen molar-refractivity contribution < 1.29 is 13.2 Å². The first kappa shape index (κ1) is 21.5. The van der Waals surface area contributed by atoms with Crippen LogP contribution in [0.3, 0.4) is 0 Å². The summed E-state index contributed by atoms with van der Waals surface area (Å²) < 4.78 is 25.0. The summed E-state index contributed by atoms with van der Waals surface area (Å²) in [5.74, 6) is 0.185. The van der Waals surface area contributed by atoms with E-state index in [0.717, 1.165) is 57.3 Å². The molecule has 2 aromatic rings. The van der Waals surface area contributed by atoms with Crippen molar-refractivity contribution in [3.63, 3.8) is 0 Å². The normalized spacial score (nSPS) is 15.9. The fourth-order valence-electron chi connectivity index (χ4n) is 3.74. The van der Waals surface area contributed by atoms with Crippen LogP contribution in [0.2, 0.25) is 0 Å². The Hall–Kier alpha value is -2.25. The van der Waals surface area contributed by atoms with Crippen molar-refractivity contribution >= 4 is 21.5 Å². The molecule has 0 unspecified atom stereocenters. The number of hydrogen-bond acceptors (Lipinski definition) is 5. The van der Waals surface area contributed by atoms with E-state index in [1.165, 1.54) is 5.56 Å². The molecule has 1 saturated heterocycles. The van der Waals surface area contributed by atoms with Crippen molar-refractivity contribution in [2.75, 3.05) is 30.6 Å². The number of nitrogens with zero attached hydrogens (tertiary/aromatic N) is 2. The lowest BCUT2D eigenvalue weighted by Crippen LogP contribution is -2.37. The van der Waals surface area contributed by atoms with Gasteiger partial charge in [0.15, 0.2) is 5.78 Å². The van der Waals surface area contributed by atoms with Gasteiger partial charge in [-0.3, -0.25) is 14.5 Å². The van der Waals surface area contributed by atoms with Crippen molar-refractivity contribution in [2.24, 2.45) is 5.92 Å². The molecule has 0 bridgehead atoms. The molecule has 0 radical (unpaired) electrons. The molecule has 0 saturated carbocycles. The van der Waals surface area contributed by atoms with Gasteiger partial charge in [0.1, 0.15) is 0 Å². The van der Waals surface area contributed by atoms with E-state index in [2.05, 4.69) is 33.7 Å². The SMILES string of the molecule is CCc1cc(CCN2CCC(C(=O)c3ccc(NS(C)(=O)=O)cc3)CC2)ccn1. The summed E-state index contributed by atoms with van der Waals surface area (Å²) in [6, 6.07) is 11.0. The minimum atomic E-state index is -3.31. The molecule has 1 aliphatic heterocycles. The van der Waals surface area contributed by atoms with E-state index in [1.807, 2.05) is 6.20 Å². The lowest BCUT2D eigenvalue weighted by atomic mass is 9.88. The molecule has 0 atom stereocenters. The Morgan fingerprint density at radius 1 is 1.17 bits per heavy atom. The second kappa shape index (κ2) is 9.50. The Balaban J connectivity index is 1.49. The number of hydrogen-bond donors (Lipinski definition) is 1. The predicted molar refractivity (Wildman–Crippen MR) is 116 cm³/mol. The van der Waals surface area contributed by atoms with E-state index in [1.54, 1.807) is 24.3 Å². The average Bonchev–Trinajstić information content (AvgIpc) is 2.72. The highest BCUT2D eigenvalue weighted by Gasteiger charge is 2.25. The van der Waals surface area contributed by atoms with Gasteiger partial charge in [-0.15, -0.1) is 0 Å². The summed E-state index contributed by atoms with van der Waals surface area (Å²) in [4.78, 5) is 19.6. The topological polar surface area (TPSA) is 79.4 Å². The average molecular weight is 416 g/mol. The molecular weight excluding hydrogens is 386 g/mol. The number of aromatic nitrogens is 1. The zero-order valence-electron chi connectivity index (χ0n) is 17.1. The van der Waals surface area contributed by atoms with E-state index in [-0.39, 0.29) is 11.7 Å². The Kier molecular flexibility index (Phi) is 7.03. The summed E-state index contributed by atoms with van der Waals surface area (Å²) >= 11 is 0. The van der Waals surface area contributed by atoms with Crippen molar-refractivity contribution in [2.45, 2.75) is 32.6 Å². The lowest BCUT2D eigenvalue weighted by Gasteiger charge is -2.31. The molecule has 6 nitrogen and oxygen atoms in total. The van der Waals surface area contributed by atoms with Crippen LogP contribution in [0.5, 0.6) is 0 Å². The van der Waals surface area contributed by atoms with Crippen LogP contribution in [0.4, 0.5) is 5.69 Å². The Morgan fingerprint density at radius 3 is 2.48 bits per heavy atom. The number of piperidine rings is 1. The maximum Gasteiger partial charge on any atom is 0.229 e. The molecule has 0 amide bonds. The number of Topliss-reactive ketones (excluding diaryl/α,β-unsaturated/α-hetero) is 1. The number of carbonyl (C=O) groups is 1. The van der Waals surface area contributed by atoms with Gasteiger partial charge in [-0.1, -0.05) is 6.92 Å². The number of sulfonamides is 1. The number of anilines is 1. The van der Waals surface area contributed by atoms with E-state index >= 15 is 0 Å². The van der Waals surface area contributed by atoms with E-state index in [4.69, 9.17) is 0 Å². The Bertz CT molecular complexity index is 934. The lowest BCUT2D eigenvalue weighted by molar-refractivity contribution is 0.0841. The smallest absolute Gasteiger partial charge is 0.229 e. The first-order valence-electron chi connectivity index (χ1n) is 10.1. The molecule has 0 aliphatic carbocycles. The maximum atomic E-state index is 12.8. The molecule has 1 aromatic carbocycles. The van der Waals surface area contributed by atoms with Gasteiger partial charge in [-0.2, -0.15) is 0 Å². The molecule has 29 heavy (non-hydrogen) atoms. The van der Waals surface area contributed by atoms with Crippen molar-refractivity contribution in [1.29, 1.82) is 0 Å². The predicted octanol–water partition coefficient (Wildman–Crippen LogP) is 3.15. The van der Waals surface area contributed by atoms with Crippen molar-refractivity contribution in [1.82, 2.24) is 9.88 Å². The van der Waals surface area contributed by atoms with Crippen LogP contribution in [0.25, 0.3) is 0 Å². The first-order valence-corrected chi connectivity index (χ1v) is 12.0. The molecule has 1 aromatic heterocycles. The molecular formula is C22H29N3O3S. The minimum absolute atomic E-state index is 0.0348. The van der Waals surface area contributed by atoms with Gasteiger partial charge in [0, 0.05) is 35.6 Å². The highest BCUT2D eigenvalue weighted by atomic mass is 32.2. The molecule has 1 N–H and O–H groups in total. The van der Waals surface area contributed by atoms with Gasteiger partial charge in [-0.05, 0) is 80.7 Å². The van der Waals surface area contributed by atoms with E-state index in [9.17, 15) is 13.2 Å². The number of pyridine rings is 1. The highest BCUT2D eigenvalue weighted by Crippen LogP contribution is 2.23. The number of nitrogens with one attached hydrogen (secondary N) is 1. The van der Waals surface area contributed by atoms with Crippen LogP contribution in [-0.4, -0.2) is 50.0 Å². The number of likely N-dealkylation sites (tertiary alicyclic amines) is 1. The fraction of sp³-hybridized carbons (Fsp3) is 0.455. The summed E-state index contributed by atoms with van der Waals surface area (Å²) in [5, 5.41) is 0. The summed E-state index contributed by atoms with van der Waals surface area (Å²) in [5.41, 5.74) is 3.56. The summed E-state index contributed by atoms with van der Waals surface area (Å²) in [6.07, 6.45) is 6.67. The summed E-state index contributed by atoms with van der Waals surface area (Å²) in [7, 11) is -3.31. The summed E-state index contributed by atoms with van der Waals surface area (Å²) in [6.45, 7) is 4.97. The molecule has 7 heteroatoms. The van der Waals surface area contributed by atoms with Crippen molar-refractivity contribution in [3.8, 4) is 0 Å². The zero-order valence-corrected chi connectivity index (χ0v) is 17.9. The van der Waals surface area contributed by atoms with Crippen molar-refractivity contribution in [3.05, 3.63) is 59.4 Å². The number of ketones is 1. The molecule has 1 aliphatic rings. The van der Waals surface area contributed by atoms with Crippen LogP contribution in [-0.2, 0) is 22.9 Å². The number of carbonyl (C=O) groups excluding carboxylic acids is 1. The third kappa shape index (κ3) is 6.37. The van der Waals surface area contributed by atoms with Crippen LogP contribution >= 0.6 is 0 Å². The van der Waals surface area contributed by atoms with Crippen LogP contribution < -0.4 is 4.72 Å². The largest absolute Gasteiger partial charge is 0.303 e. The number of rotatable bonds is 8. The zero-order chi connectivity index (χ0) is 20.9. The van der Waals surface area contributed by atoms with E-state index < -0.39 is 10.0 Å². The number of benzene rings is 1. The van der Waals surface area contributed by atoms with Gasteiger partial charge >= 0.3 is 0 Å². The second-order valence-corrected chi connectivity index (χ2v) is 9.44. The van der Waals surface area contributed by atoms with Crippen LogP contribution in [0.1, 0.15) is 41.4 Å². The standard InChI is InChI=1S/C22H29N3O3S/c1-3-20-16-17(8-12-23-20)9-13-25-14-10-19(11-15-25)22(26)18-4-6-21(7-5-18)24-29(2,27)28/h4-8,12,16,19,24H,3,9-11,13-15H2,1-2H3. The maximum absolute atomic E-state index is 12.8.